The SMILES string of the molecule is NC1=CC=C2CC(S(=O)(=O)O)=CC(=O)C2C1. The van der Waals surface area contributed by atoms with E-state index in [9.17, 15) is 13.2 Å². The highest BCUT2D eigenvalue weighted by molar-refractivity contribution is 7.89. The van der Waals surface area contributed by atoms with Gasteiger partial charge in [-0.3, -0.25) is 9.35 Å². The normalized spacial score (nSPS) is 25.4. The zero-order valence-electron chi connectivity index (χ0n) is 8.38. The van der Waals surface area contributed by atoms with Crippen LogP contribution in [0.4, 0.5) is 0 Å². The maximum absolute atomic E-state index is 11.7. The average molecular weight is 241 g/mol. The summed E-state index contributed by atoms with van der Waals surface area (Å²) >= 11 is 0. The lowest BCUT2D eigenvalue weighted by Gasteiger charge is -2.25. The van der Waals surface area contributed by atoms with Gasteiger partial charge in [0.2, 0.25) is 0 Å². The van der Waals surface area contributed by atoms with Crippen molar-refractivity contribution < 1.29 is 17.8 Å². The lowest BCUT2D eigenvalue weighted by atomic mass is 9.81. The predicted octanol–water partition coefficient (Wildman–Crippen LogP) is 0.520. The maximum atomic E-state index is 11.7. The molecular weight excluding hydrogens is 230 g/mol. The van der Waals surface area contributed by atoms with Crippen LogP contribution in [0.15, 0.2) is 34.4 Å². The molecule has 2 rings (SSSR count). The van der Waals surface area contributed by atoms with Crippen LogP contribution in [-0.4, -0.2) is 18.8 Å². The molecular formula is C10H11NO4S. The average Bonchev–Trinajstić information content (AvgIpc) is 2.17. The van der Waals surface area contributed by atoms with Crippen LogP contribution >= 0.6 is 0 Å². The standard InChI is InChI=1S/C10H11NO4S/c11-7-2-1-6-3-8(16(13,14)15)5-10(12)9(6)4-7/h1-2,5,9H,3-4,11H2,(H,13,14,15). The third-order valence-electron chi connectivity index (χ3n) is 2.76. The third-order valence-corrected chi connectivity index (χ3v) is 3.68. The minimum atomic E-state index is -4.28. The number of hydrogen-bond donors (Lipinski definition) is 2. The second-order valence-electron chi connectivity index (χ2n) is 3.90. The Bertz CT molecular complexity index is 539. The van der Waals surface area contributed by atoms with Crippen LogP contribution in [0.25, 0.3) is 0 Å². The van der Waals surface area contributed by atoms with Crippen molar-refractivity contribution in [1.82, 2.24) is 0 Å². The number of fused-ring (bicyclic) bond motifs is 1. The zero-order chi connectivity index (χ0) is 11.9. The van der Waals surface area contributed by atoms with Crippen molar-refractivity contribution in [3.8, 4) is 0 Å². The first-order chi connectivity index (χ1) is 7.38. The molecule has 2 aliphatic carbocycles. The Morgan fingerprint density at radius 3 is 2.69 bits per heavy atom. The number of hydrogen-bond acceptors (Lipinski definition) is 4. The fourth-order valence-corrected chi connectivity index (χ4v) is 2.52. The van der Waals surface area contributed by atoms with E-state index in [0.29, 0.717) is 17.7 Å². The van der Waals surface area contributed by atoms with E-state index < -0.39 is 10.1 Å². The Morgan fingerprint density at radius 1 is 1.38 bits per heavy atom. The van der Waals surface area contributed by atoms with Gasteiger partial charge in [-0.2, -0.15) is 8.42 Å². The summed E-state index contributed by atoms with van der Waals surface area (Å²) < 4.78 is 30.8. The highest BCUT2D eigenvalue weighted by Gasteiger charge is 2.32. The molecule has 86 valence electrons. The van der Waals surface area contributed by atoms with E-state index in [1.54, 1.807) is 12.2 Å². The molecule has 0 saturated carbocycles. The van der Waals surface area contributed by atoms with Crippen molar-refractivity contribution in [3.63, 3.8) is 0 Å². The van der Waals surface area contributed by atoms with Gasteiger partial charge in [0.15, 0.2) is 5.78 Å². The summed E-state index contributed by atoms with van der Waals surface area (Å²) in [4.78, 5) is 11.4. The lowest BCUT2D eigenvalue weighted by molar-refractivity contribution is -0.117. The predicted molar refractivity (Wildman–Crippen MR) is 57.7 cm³/mol. The van der Waals surface area contributed by atoms with Crippen LogP contribution < -0.4 is 5.73 Å². The molecule has 0 radical (unpaired) electrons. The molecule has 0 aromatic carbocycles. The highest BCUT2D eigenvalue weighted by Crippen LogP contribution is 2.34. The monoisotopic (exact) mass is 241 g/mol. The molecule has 0 aromatic rings. The molecule has 0 aromatic heterocycles. The van der Waals surface area contributed by atoms with Gasteiger partial charge in [-0.1, -0.05) is 11.6 Å². The number of rotatable bonds is 1. The Hall–Kier alpha value is -1.40. The summed E-state index contributed by atoms with van der Waals surface area (Å²) in [7, 11) is -4.28. The van der Waals surface area contributed by atoms with Crippen molar-refractivity contribution in [1.29, 1.82) is 0 Å². The molecule has 0 amide bonds. The van der Waals surface area contributed by atoms with Gasteiger partial charge in [-0.25, -0.2) is 0 Å². The Kier molecular flexibility index (Phi) is 2.47. The molecule has 0 spiro atoms. The molecule has 0 fully saturated rings. The molecule has 0 bridgehead atoms. The molecule has 2 aliphatic rings. The van der Waals surface area contributed by atoms with Crippen molar-refractivity contribution in [2.45, 2.75) is 12.8 Å². The maximum Gasteiger partial charge on any atom is 0.291 e. The second kappa shape index (κ2) is 3.57. The van der Waals surface area contributed by atoms with E-state index in [1.807, 2.05) is 0 Å². The summed E-state index contributed by atoms with van der Waals surface area (Å²) in [5, 5.41) is 0. The van der Waals surface area contributed by atoms with Gasteiger partial charge < -0.3 is 5.73 Å². The van der Waals surface area contributed by atoms with E-state index >= 15 is 0 Å². The quantitative estimate of drug-likeness (QED) is 0.652. The molecule has 1 atom stereocenters. The van der Waals surface area contributed by atoms with Crippen molar-refractivity contribution >= 4 is 15.9 Å². The van der Waals surface area contributed by atoms with Crippen LogP contribution in [0, 0.1) is 5.92 Å². The highest BCUT2D eigenvalue weighted by atomic mass is 32.2. The molecule has 16 heavy (non-hydrogen) atoms. The van der Waals surface area contributed by atoms with Crippen LogP contribution in [0.1, 0.15) is 12.8 Å². The largest absolute Gasteiger partial charge is 0.402 e. The smallest absolute Gasteiger partial charge is 0.291 e. The minimum Gasteiger partial charge on any atom is -0.402 e. The first kappa shape index (κ1) is 11.1. The lowest BCUT2D eigenvalue weighted by Crippen LogP contribution is -2.26. The van der Waals surface area contributed by atoms with Crippen molar-refractivity contribution in [2.75, 3.05) is 0 Å². The Balaban J connectivity index is 2.42. The van der Waals surface area contributed by atoms with Crippen LogP contribution in [0.2, 0.25) is 0 Å². The summed E-state index contributed by atoms with van der Waals surface area (Å²) in [6, 6.07) is 0. The first-order valence-corrected chi connectivity index (χ1v) is 6.19. The van der Waals surface area contributed by atoms with Gasteiger partial charge >= 0.3 is 0 Å². The van der Waals surface area contributed by atoms with Gasteiger partial charge in [0.25, 0.3) is 10.1 Å². The molecule has 3 N–H and O–H groups in total. The molecule has 6 heteroatoms. The topological polar surface area (TPSA) is 97.5 Å². The molecule has 0 aliphatic heterocycles. The summed E-state index contributed by atoms with van der Waals surface area (Å²) in [6.45, 7) is 0. The molecule has 0 heterocycles. The van der Waals surface area contributed by atoms with Gasteiger partial charge in [-0.15, -0.1) is 0 Å². The van der Waals surface area contributed by atoms with E-state index in [4.69, 9.17) is 10.3 Å². The zero-order valence-corrected chi connectivity index (χ0v) is 9.20. The van der Waals surface area contributed by atoms with E-state index in [-0.39, 0.29) is 23.0 Å². The summed E-state index contributed by atoms with van der Waals surface area (Å²) in [5.41, 5.74) is 6.89. The first-order valence-electron chi connectivity index (χ1n) is 4.75. The van der Waals surface area contributed by atoms with Crippen molar-refractivity contribution in [3.05, 3.63) is 34.4 Å². The van der Waals surface area contributed by atoms with E-state index in [1.165, 1.54) is 0 Å². The Labute approximate surface area is 93.1 Å². The fraction of sp³-hybridized carbons (Fsp3) is 0.300. The number of allylic oxidation sites excluding steroid dienone is 6. The van der Waals surface area contributed by atoms with Crippen LogP contribution in [-0.2, 0) is 14.9 Å². The van der Waals surface area contributed by atoms with Gasteiger partial charge in [0.1, 0.15) is 0 Å². The van der Waals surface area contributed by atoms with E-state index in [0.717, 1.165) is 6.08 Å². The van der Waals surface area contributed by atoms with Gasteiger partial charge in [0.05, 0.1) is 4.91 Å². The minimum absolute atomic E-state index is 0.0824. The number of ketones is 1. The Morgan fingerprint density at radius 2 is 2.06 bits per heavy atom. The molecule has 0 saturated heterocycles. The van der Waals surface area contributed by atoms with Gasteiger partial charge in [-0.05, 0) is 12.2 Å². The second-order valence-corrected chi connectivity index (χ2v) is 5.38. The van der Waals surface area contributed by atoms with Crippen molar-refractivity contribution in [2.24, 2.45) is 11.7 Å². The van der Waals surface area contributed by atoms with Crippen LogP contribution in [0.5, 0.6) is 0 Å². The molecule has 1 unspecified atom stereocenters. The van der Waals surface area contributed by atoms with Gasteiger partial charge in [0, 0.05) is 24.5 Å². The summed E-state index contributed by atoms with van der Waals surface area (Å²) in [6.07, 6.45) is 4.81. The number of nitrogens with two attached hydrogens (primary N) is 1. The number of carbonyl (C=O) groups is 1. The van der Waals surface area contributed by atoms with Crippen LogP contribution in [0.3, 0.4) is 0 Å². The number of carbonyl (C=O) groups excluding carboxylic acids is 1. The summed E-state index contributed by atoms with van der Waals surface area (Å²) in [5.74, 6) is -0.684. The fourth-order valence-electron chi connectivity index (χ4n) is 1.91. The third kappa shape index (κ3) is 1.94. The molecule has 5 nitrogen and oxygen atoms in total. The van der Waals surface area contributed by atoms with E-state index in [2.05, 4.69) is 0 Å².